The monoisotopic (exact) mass is 242 g/mol. The van der Waals surface area contributed by atoms with Gasteiger partial charge >= 0.3 is 5.97 Å². The highest BCUT2D eigenvalue weighted by atomic mass is 16.5. The van der Waals surface area contributed by atoms with Crippen molar-refractivity contribution in [2.45, 2.75) is 6.92 Å². The Bertz CT molecular complexity index is 577. The molecule has 1 aromatic heterocycles. The molecule has 0 amide bonds. The van der Waals surface area contributed by atoms with Crippen molar-refractivity contribution in [3.8, 4) is 11.1 Å². The average Bonchev–Trinajstić information content (AvgIpc) is 2.39. The van der Waals surface area contributed by atoms with Gasteiger partial charge in [0.2, 0.25) is 0 Å². The van der Waals surface area contributed by atoms with Crippen molar-refractivity contribution in [1.82, 2.24) is 4.98 Å². The molecule has 2 N–H and O–H groups in total. The third kappa shape index (κ3) is 2.32. The van der Waals surface area contributed by atoms with E-state index in [1.165, 1.54) is 7.11 Å². The lowest BCUT2D eigenvalue weighted by Gasteiger charge is -2.09. The second-order valence-electron chi connectivity index (χ2n) is 3.98. The number of aromatic nitrogens is 1. The molecule has 1 heterocycles. The summed E-state index contributed by atoms with van der Waals surface area (Å²) in [4.78, 5) is 15.9. The number of nitrogens with two attached hydrogens (primary N) is 1. The van der Waals surface area contributed by atoms with Crippen LogP contribution in [0.5, 0.6) is 0 Å². The number of anilines is 1. The maximum atomic E-state index is 11.7. The van der Waals surface area contributed by atoms with E-state index < -0.39 is 5.97 Å². The number of rotatable bonds is 2. The molecule has 2 aromatic rings. The molecule has 0 bridgehead atoms. The number of aryl methyl sites for hydroxylation is 1. The molecule has 1 aromatic carbocycles. The van der Waals surface area contributed by atoms with Crippen LogP contribution in [0.1, 0.15) is 16.1 Å². The summed E-state index contributed by atoms with van der Waals surface area (Å²) >= 11 is 0. The van der Waals surface area contributed by atoms with Crippen LogP contribution in [-0.4, -0.2) is 18.1 Å². The first-order chi connectivity index (χ1) is 8.61. The highest BCUT2D eigenvalue weighted by molar-refractivity contribution is 5.98. The number of methoxy groups -OCH3 is 1. The number of nitrogen functional groups attached to an aromatic ring is 1. The van der Waals surface area contributed by atoms with Crippen LogP contribution >= 0.6 is 0 Å². The van der Waals surface area contributed by atoms with Crippen LogP contribution in [0.4, 0.5) is 5.69 Å². The van der Waals surface area contributed by atoms with Crippen molar-refractivity contribution in [1.29, 1.82) is 0 Å². The molecule has 4 nitrogen and oxygen atoms in total. The van der Waals surface area contributed by atoms with Crippen LogP contribution in [0.15, 0.2) is 36.5 Å². The zero-order valence-electron chi connectivity index (χ0n) is 10.3. The Morgan fingerprint density at radius 2 is 2.06 bits per heavy atom. The molecular formula is C14H14N2O2. The average molecular weight is 242 g/mol. The minimum atomic E-state index is -0.405. The fraction of sp³-hybridized carbons (Fsp3) is 0.143. The number of carbonyl (C=O) groups is 1. The highest BCUT2D eigenvalue weighted by Crippen LogP contribution is 2.25. The summed E-state index contributed by atoms with van der Waals surface area (Å²) in [5, 5.41) is 0. The first kappa shape index (κ1) is 12.1. The van der Waals surface area contributed by atoms with Gasteiger partial charge in [-0.05, 0) is 30.7 Å². The second kappa shape index (κ2) is 4.87. The molecule has 0 aliphatic rings. The van der Waals surface area contributed by atoms with Gasteiger partial charge in [0.15, 0.2) is 0 Å². The Morgan fingerprint density at radius 3 is 2.67 bits per heavy atom. The predicted molar refractivity (Wildman–Crippen MR) is 70.2 cm³/mol. The lowest BCUT2D eigenvalue weighted by Crippen LogP contribution is -2.04. The molecule has 0 aliphatic heterocycles. The fourth-order valence-electron chi connectivity index (χ4n) is 1.72. The Kier molecular flexibility index (Phi) is 3.28. The summed E-state index contributed by atoms with van der Waals surface area (Å²) in [5.74, 6) is -0.405. The zero-order valence-corrected chi connectivity index (χ0v) is 10.3. The van der Waals surface area contributed by atoms with Crippen molar-refractivity contribution < 1.29 is 9.53 Å². The van der Waals surface area contributed by atoms with E-state index in [9.17, 15) is 4.79 Å². The number of hydrogen-bond donors (Lipinski definition) is 1. The smallest absolute Gasteiger partial charge is 0.338 e. The molecule has 0 fully saturated rings. The van der Waals surface area contributed by atoms with E-state index >= 15 is 0 Å². The normalized spacial score (nSPS) is 10.1. The molecule has 0 saturated heterocycles. The topological polar surface area (TPSA) is 65.2 Å². The van der Waals surface area contributed by atoms with Crippen molar-refractivity contribution >= 4 is 11.7 Å². The zero-order chi connectivity index (χ0) is 13.1. The lowest BCUT2D eigenvalue weighted by atomic mass is 10.0. The molecule has 0 saturated carbocycles. The largest absolute Gasteiger partial charge is 0.465 e. The van der Waals surface area contributed by atoms with Crippen molar-refractivity contribution in [2.24, 2.45) is 0 Å². The Morgan fingerprint density at radius 1 is 1.28 bits per heavy atom. The molecule has 0 atom stereocenters. The number of pyridine rings is 1. The molecular weight excluding hydrogens is 228 g/mol. The summed E-state index contributed by atoms with van der Waals surface area (Å²) < 4.78 is 4.76. The Hall–Kier alpha value is -2.36. The summed E-state index contributed by atoms with van der Waals surface area (Å²) in [6, 6.07) is 8.98. The van der Waals surface area contributed by atoms with Crippen LogP contribution in [0.3, 0.4) is 0 Å². The Labute approximate surface area is 105 Å². The maximum Gasteiger partial charge on any atom is 0.338 e. The summed E-state index contributed by atoms with van der Waals surface area (Å²) in [7, 11) is 1.35. The molecule has 0 spiro atoms. The first-order valence-electron chi connectivity index (χ1n) is 5.52. The number of hydrogen-bond acceptors (Lipinski definition) is 4. The molecule has 4 heteroatoms. The van der Waals surface area contributed by atoms with E-state index in [4.69, 9.17) is 10.5 Å². The predicted octanol–water partition coefficient (Wildman–Crippen LogP) is 2.43. The first-order valence-corrected chi connectivity index (χ1v) is 5.52. The minimum Gasteiger partial charge on any atom is -0.465 e. The standard InChI is InChI=1S/C14H14N2O2/c1-9-3-4-10(8-16-9)12-6-5-11(15)7-13(12)14(17)18-2/h3-8H,15H2,1-2H3. The van der Waals surface area contributed by atoms with Crippen LogP contribution in [-0.2, 0) is 4.74 Å². The number of benzene rings is 1. The van der Waals surface area contributed by atoms with Gasteiger partial charge in [0.25, 0.3) is 0 Å². The van der Waals surface area contributed by atoms with Gasteiger partial charge in [-0.25, -0.2) is 4.79 Å². The molecule has 92 valence electrons. The molecule has 0 aliphatic carbocycles. The van der Waals surface area contributed by atoms with Crippen LogP contribution in [0, 0.1) is 6.92 Å². The highest BCUT2D eigenvalue weighted by Gasteiger charge is 2.13. The number of ether oxygens (including phenoxy) is 1. The van der Waals surface area contributed by atoms with Gasteiger partial charge in [0, 0.05) is 23.1 Å². The molecule has 2 rings (SSSR count). The van der Waals surface area contributed by atoms with Gasteiger partial charge in [0.05, 0.1) is 12.7 Å². The SMILES string of the molecule is COC(=O)c1cc(N)ccc1-c1ccc(C)nc1. The van der Waals surface area contributed by atoms with Gasteiger partial charge in [0.1, 0.15) is 0 Å². The third-order valence-corrected chi connectivity index (χ3v) is 2.67. The van der Waals surface area contributed by atoms with E-state index in [-0.39, 0.29) is 0 Å². The second-order valence-corrected chi connectivity index (χ2v) is 3.98. The van der Waals surface area contributed by atoms with Gasteiger partial charge in [-0.3, -0.25) is 4.98 Å². The van der Waals surface area contributed by atoms with Crippen LogP contribution < -0.4 is 5.73 Å². The van der Waals surface area contributed by atoms with Gasteiger partial charge in [-0.2, -0.15) is 0 Å². The Balaban J connectivity index is 2.56. The summed E-state index contributed by atoms with van der Waals surface area (Å²) in [6.07, 6.45) is 1.73. The fourth-order valence-corrected chi connectivity index (χ4v) is 1.72. The maximum absolute atomic E-state index is 11.7. The van der Waals surface area contributed by atoms with E-state index in [1.54, 1.807) is 24.4 Å². The minimum absolute atomic E-state index is 0.405. The third-order valence-electron chi connectivity index (χ3n) is 2.67. The van der Waals surface area contributed by atoms with Gasteiger partial charge in [-0.15, -0.1) is 0 Å². The van der Waals surface area contributed by atoms with E-state index in [2.05, 4.69) is 4.98 Å². The van der Waals surface area contributed by atoms with Crippen molar-refractivity contribution in [3.63, 3.8) is 0 Å². The van der Waals surface area contributed by atoms with Crippen molar-refractivity contribution in [2.75, 3.05) is 12.8 Å². The number of carbonyl (C=O) groups excluding carboxylic acids is 1. The van der Waals surface area contributed by atoms with Crippen LogP contribution in [0.2, 0.25) is 0 Å². The van der Waals surface area contributed by atoms with Gasteiger partial charge in [-0.1, -0.05) is 12.1 Å². The van der Waals surface area contributed by atoms with Crippen molar-refractivity contribution in [3.05, 3.63) is 47.8 Å². The lowest BCUT2D eigenvalue weighted by molar-refractivity contribution is 0.0601. The molecule has 18 heavy (non-hydrogen) atoms. The van der Waals surface area contributed by atoms with Crippen LogP contribution in [0.25, 0.3) is 11.1 Å². The quantitative estimate of drug-likeness (QED) is 0.648. The van der Waals surface area contributed by atoms with Gasteiger partial charge < -0.3 is 10.5 Å². The molecule has 0 radical (unpaired) electrons. The van der Waals surface area contributed by atoms with E-state index in [1.807, 2.05) is 19.1 Å². The molecule has 0 unspecified atom stereocenters. The van der Waals surface area contributed by atoms with E-state index in [0.717, 1.165) is 16.8 Å². The summed E-state index contributed by atoms with van der Waals surface area (Å²) in [6.45, 7) is 1.91. The number of esters is 1. The van der Waals surface area contributed by atoms with E-state index in [0.29, 0.717) is 11.3 Å². The summed E-state index contributed by atoms with van der Waals surface area (Å²) in [5.41, 5.74) is 9.23. The number of nitrogens with zero attached hydrogens (tertiary/aromatic N) is 1.